The Labute approximate surface area is 232 Å². The second-order valence-electron chi connectivity index (χ2n) is 9.38. The predicted octanol–water partition coefficient (Wildman–Crippen LogP) is 7.16. The number of fused-ring (bicyclic) bond motifs is 3. The molecule has 8 heteroatoms. The number of para-hydroxylation sites is 3. The summed E-state index contributed by atoms with van der Waals surface area (Å²) in [6, 6.07) is 28.6. The number of aromatic nitrogens is 3. The van der Waals surface area contributed by atoms with Crippen LogP contribution >= 0.6 is 11.6 Å². The lowest BCUT2D eigenvalue weighted by Crippen LogP contribution is -2.38. The molecule has 39 heavy (non-hydrogen) atoms. The highest BCUT2D eigenvalue weighted by molar-refractivity contribution is 6.30. The molecule has 7 nitrogen and oxygen atoms in total. The number of urea groups is 1. The quantitative estimate of drug-likeness (QED) is 0.259. The lowest BCUT2D eigenvalue weighted by atomic mass is 10.0. The molecule has 5 aromatic rings. The number of nitrogens with zero attached hydrogens (tertiary/aromatic N) is 4. The van der Waals surface area contributed by atoms with Gasteiger partial charge in [0, 0.05) is 16.8 Å². The molecule has 196 valence electrons. The van der Waals surface area contributed by atoms with E-state index in [1.165, 1.54) is 0 Å². The highest BCUT2D eigenvalue weighted by Crippen LogP contribution is 2.39. The molecule has 0 aliphatic carbocycles. The van der Waals surface area contributed by atoms with Crippen molar-refractivity contribution in [1.82, 2.24) is 19.2 Å². The largest absolute Gasteiger partial charge is 0.492 e. The molecular weight excluding hydrogens is 510 g/mol. The first-order valence-electron chi connectivity index (χ1n) is 12.9. The van der Waals surface area contributed by atoms with Crippen molar-refractivity contribution < 1.29 is 9.53 Å². The fraction of sp³-hybridized carbons (Fsp3) is 0.161. The van der Waals surface area contributed by atoms with E-state index < -0.39 is 6.04 Å². The van der Waals surface area contributed by atoms with Crippen LogP contribution in [0, 0.1) is 6.92 Å². The van der Waals surface area contributed by atoms with E-state index in [1.807, 2.05) is 121 Å². The molecule has 0 bridgehead atoms. The van der Waals surface area contributed by atoms with Crippen LogP contribution in [0.5, 0.6) is 5.75 Å². The maximum atomic E-state index is 14.2. The summed E-state index contributed by atoms with van der Waals surface area (Å²) in [7, 11) is 0. The van der Waals surface area contributed by atoms with Crippen molar-refractivity contribution in [2.24, 2.45) is 0 Å². The summed E-state index contributed by atoms with van der Waals surface area (Å²) in [6.07, 6.45) is 2.03. The second kappa shape index (κ2) is 10.3. The molecule has 3 aromatic carbocycles. The zero-order valence-corrected chi connectivity index (χ0v) is 22.5. The average molecular weight is 538 g/mol. The zero-order chi connectivity index (χ0) is 26.9. The number of amides is 2. The summed E-state index contributed by atoms with van der Waals surface area (Å²) in [4.78, 5) is 16.0. The van der Waals surface area contributed by atoms with Crippen LogP contribution in [-0.2, 0) is 6.54 Å². The van der Waals surface area contributed by atoms with Gasteiger partial charge in [0.1, 0.15) is 11.6 Å². The van der Waals surface area contributed by atoms with Gasteiger partial charge in [-0.25, -0.2) is 9.48 Å². The van der Waals surface area contributed by atoms with Gasteiger partial charge in [-0.1, -0.05) is 54.1 Å². The van der Waals surface area contributed by atoms with Crippen molar-refractivity contribution in [2.45, 2.75) is 26.4 Å². The van der Waals surface area contributed by atoms with E-state index >= 15 is 0 Å². The number of carbonyl (C=O) groups is 1. The second-order valence-corrected chi connectivity index (χ2v) is 9.82. The Morgan fingerprint density at radius 1 is 1.03 bits per heavy atom. The lowest BCUT2D eigenvalue weighted by molar-refractivity contribution is 0.194. The first-order valence-corrected chi connectivity index (χ1v) is 13.3. The number of anilines is 1. The Morgan fingerprint density at radius 3 is 2.62 bits per heavy atom. The first-order chi connectivity index (χ1) is 19.0. The Bertz CT molecular complexity index is 1640. The Balaban J connectivity index is 1.52. The Kier molecular flexibility index (Phi) is 6.59. The van der Waals surface area contributed by atoms with E-state index in [2.05, 4.69) is 9.88 Å². The molecule has 6 rings (SSSR count). The standard InChI is InChI=1S/C31H28ClN5O2/c1-3-39-28-17-8-7-15-26(28)33-31(38)36-20-25-21(2)34-37(24-13-5-4-6-14-24)30(25)35-18-10-16-27(35)29(36)22-11-9-12-23(32)19-22/h4-19,29H,3,20H2,1-2H3,(H,33,38). The van der Waals surface area contributed by atoms with Gasteiger partial charge in [0.25, 0.3) is 0 Å². The van der Waals surface area contributed by atoms with Crippen LogP contribution in [0.4, 0.5) is 10.5 Å². The molecule has 2 aromatic heterocycles. The minimum Gasteiger partial charge on any atom is -0.492 e. The van der Waals surface area contributed by atoms with Gasteiger partial charge in [-0.15, -0.1) is 0 Å². The summed E-state index contributed by atoms with van der Waals surface area (Å²) < 4.78 is 9.87. The van der Waals surface area contributed by atoms with Crippen LogP contribution in [0.15, 0.2) is 97.2 Å². The number of hydrogen-bond donors (Lipinski definition) is 1. The van der Waals surface area contributed by atoms with E-state index in [-0.39, 0.29) is 6.03 Å². The molecule has 0 fully saturated rings. The predicted molar refractivity (Wildman–Crippen MR) is 153 cm³/mol. The molecular formula is C31H28ClN5O2. The van der Waals surface area contributed by atoms with Crippen LogP contribution in [0.3, 0.4) is 0 Å². The van der Waals surface area contributed by atoms with Gasteiger partial charge in [-0.2, -0.15) is 5.10 Å². The van der Waals surface area contributed by atoms with Crippen molar-refractivity contribution in [3.8, 4) is 17.3 Å². The SMILES string of the molecule is CCOc1ccccc1NC(=O)N1Cc2c(C)nn(-c3ccccc3)c2-n2cccc2C1c1cccc(Cl)c1. The molecule has 3 heterocycles. The van der Waals surface area contributed by atoms with Crippen LogP contribution in [-0.4, -0.2) is 31.9 Å². The summed E-state index contributed by atoms with van der Waals surface area (Å²) in [5.74, 6) is 1.54. The van der Waals surface area contributed by atoms with Gasteiger partial charge in [0.05, 0.1) is 42.0 Å². The zero-order valence-electron chi connectivity index (χ0n) is 21.7. The lowest BCUT2D eigenvalue weighted by Gasteiger charge is -2.31. The molecule has 1 N–H and O–H groups in total. The third-order valence-electron chi connectivity index (χ3n) is 6.94. The fourth-order valence-electron chi connectivity index (χ4n) is 5.21. The maximum Gasteiger partial charge on any atom is 0.323 e. The van der Waals surface area contributed by atoms with E-state index in [0.29, 0.717) is 29.6 Å². The summed E-state index contributed by atoms with van der Waals surface area (Å²) in [5, 5.41) is 8.63. The van der Waals surface area contributed by atoms with Crippen molar-refractivity contribution >= 4 is 23.3 Å². The van der Waals surface area contributed by atoms with Crippen LogP contribution < -0.4 is 10.1 Å². The highest BCUT2D eigenvalue weighted by Gasteiger charge is 2.36. The topological polar surface area (TPSA) is 64.3 Å². The summed E-state index contributed by atoms with van der Waals surface area (Å²) >= 11 is 6.46. The number of aryl methyl sites for hydroxylation is 1. The summed E-state index contributed by atoms with van der Waals surface area (Å²) in [5.41, 5.74) is 5.23. The number of benzene rings is 3. The molecule has 1 aliphatic rings. The molecule has 1 unspecified atom stereocenters. The van der Waals surface area contributed by atoms with Gasteiger partial charge in [-0.05, 0) is 67.9 Å². The average Bonchev–Trinajstić information content (AvgIpc) is 3.50. The first kappa shape index (κ1) is 24.8. The third kappa shape index (κ3) is 4.55. The third-order valence-corrected chi connectivity index (χ3v) is 7.18. The van der Waals surface area contributed by atoms with Crippen molar-refractivity contribution in [3.63, 3.8) is 0 Å². The number of ether oxygens (including phenoxy) is 1. The van der Waals surface area contributed by atoms with Crippen molar-refractivity contribution in [1.29, 1.82) is 0 Å². The number of halogens is 1. The van der Waals surface area contributed by atoms with Gasteiger partial charge >= 0.3 is 6.03 Å². The number of carbonyl (C=O) groups excluding carboxylic acids is 1. The van der Waals surface area contributed by atoms with Crippen molar-refractivity contribution in [3.05, 3.63) is 125 Å². The van der Waals surface area contributed by atoms with E-state index in [0.717, 1.165) is 34.0 Å². The van der Waals surface area contributed by atoms with Crippen LogP contribution in [0.1, 0.15) is 35.5 Å². The fourth-order valence-corrected chi connectivity index (χ4v) is 5.41. The normalized spacial score (nSPS) is 14.3. The molecule has 2 amide bonds. The Morgan fingerprint density at radius 2 is 1.82 bits per heavy atom. The summed E-state index contributed by atoms with van der Waals surface area (Å²) in [6.45, 7) is 4.75. The monoisotopic (exact) mass is 537 g/mol. The highest BCUT2D eigenvalue weighted by atomic mass is 35.5. The van der Waals surface area contributed by atoms with Gasteiger partial charge < -0.3 is 19.5 Å². The van der Waals surface area contributed by atoms with Gasteiger partial charge in [-0.3, -0.25) is 0 Å². The molecule has 0 radical (unpaired) electrons. The number of nitrogens with one attached hydrogen (secondary N) is 1. The van der Waals surface area contributed by atoms with E-state index in [9.17, 15) is 4.79 Å². The number of hydrogen-bond acceptors (Lipinski definition) is 3. The maximum absolute atomic E-state index is 14.2. The minimum atomic E-state index is -0.408. The van der Waals surface area contributed by atoms with Gasteiger partial charge in [0.15, 0.2) is 0 Å². The molecule has 1 atom stereocenters. The number of rotatable bonds is 5. The molecule has 0 spiro atoms. The molecule has 0 saturated heterocycles. The van der Waals surface area contributed by atoms with Crippen molar-refractivity contribution in [2.75, 3.05) is 11.9 Å². The molecule has 1 aliphatic heterocycles. The van der Waals surface area contributed by atoms with Gasteiger partial charge in [0.2, 0.25) is 0 Å². The van der Waals surface area contributed by atoms with E-state index in [1.54, 1.807) is 0 Å². The Hall–Kier alpha value is -4.49. The van der Waals surface area contributed by atoms with Crippen LogP contribution in [0.25, 0.3) is 11.5 Å². The van der Waals surface area contributed by atoms with Crippen LogP contribution in [0.2, 0.25) is 5.02 Å². The molecule has 0 saturated carbocycles. The smallest absolute Gasteiger partial charge is 0.323 e. The minimum absolute atomic E-state index is 0.250. The van der Waals surface area contributed by atoms with E-state index in [4.69, 9.17) is 21.4 Å².